The summed E-state index contributed by atoms with van der Waals surface area (Å²) in [6.07, 6.45) is 6.17. The lowest BCUT2D eigenvalue weighted by atomic mass is 10.1. The minimum absolute atomic E-state index is 0.386. The first-order valence-corrected chi connectivity index (χ1v) is 8.15. The van der Waals surface area contributed by atoms with Gasteiger partial charge in [-0.1, -0.05) is 30.3 Å². The fraction of sp³-hybridized carbons (Fsp3) is 0.143. The smallest absolute Gasteiger partial charge is 0.233 e. The van der Waals surface area contributed by atoms with Crippen molar-refractivity contribution < 1.29 is 8.42 Å². The molecule has 0 radical (unpaired) electrons. The maximum atomic E-state index is 11.9. The van der Waals surface area contributed by atoms with Crippen molar-refractivity contribution in [2.45, 2.75) is 0 Å². The number of benzene rings is 1. The molecule has 3 rings (SSSR count). The third-order valence-electron chi connectivity index (χ3n) is 3.25. The second-order valence-electron chi connectivity index (χ2n) is 4.69. The van der Waals surface area contributed by atoms with E-state index in [1.165, 1.54) is 11.4 Å². The summed E-state index contributed by atoms with van der Waals surface area (Å²) in [7, 11) is -1.90. The number of hydrogen-bond donors (Lipinski definition) is 0. The second-order valence-corrected chi connectivity index (χ2v) is 6.70. The normalized spacial score (nSPS) is 11.7. The molecule has 108 valence electrons. The van der Waals surface area contributed by atoms with Gasteiger partial charge in [-0.15, -0.1) is 0 Å². The third kappa shape index (κ3) is 2.36. The predicted octanol–water partition coefficient (Wildman–Crippen LogP) is 1.79. The van der Waals surface area contributed by atoms with Crippen LogP contribution in [0.5, 0.6) is 0 Å². The molecule has 0 saturated carbocycles. The first-order chi connectivity index (χ1) is 9.98. The molecule has 0 atom stereocenters. The molecule has 3 aromatic rings. The van der Waals surface area contributed by atoms with Crippen molar-refractivity contribution in [2.75, 3.05) is 17.6 Å². The zero-order chi connectivity index (χ0) is 15.0. The molecule has 21 heavy (non-hydrogen) atoms. The molecule has 1 aromatic carbocycles. The Kier molecular flexibility index (Phi) is 3.13. The van der Waals surface area contributed by atoms with Gasteiger partial charge in [-0.25, -0.2) is 13.4 Å². The van der Waals surface area contributed by atoms with E-state index in [4.69, 9.17) is 0 Å². The van der Waals surface area contributed by atoms with Gasteiger partial charge in [0.25, 0.3) is 0 Å². The van der Waals surface area contributed by atoms with E-state index in [-0.39, 0.29) is 0 Å². The van der Waals surface area contributed by atoms with Gasteiger partial charge in [0.2, 0.25) is 10.0 Å². The second kappa shape index (κ2) is 4.85. The number of nitrogens with zero attached hydrogens (tertiary/aromatic N) is 4. The lowest BCUT2D eigenvalue weighted by molar-refractivity contribution is 0.600. The lowest BCUT2D eigenvalue weighted by Crippen LogP contribution is -2.25. The van der Waals surface area contributed by atoms with Crippen LogP contribution in [0.2, 0.25) is 0 Å². The Hall–Kier alpha value is -2.41. The highest BCUT2D eigenvalue weighted by molar-refractivity contribution is 7.92. The standard InChI is InChI=1S/C14H14N4O2S/c1-17(21(2,19)20)14-13(11-6-4-3-5-7-11)18-9-8-15-10-12(18)16-14/h3-10H,1-2H3. The van der Waals surface area contributed by atoms with Crippen molar-refractivity contribution >= 4 is 21.5 Å². The fourth-order valence-corrected chi connectivity index (χ4v) is 2.58. The molecular formula is C14H14N4O2S. The van der Waals surface area contributed by atoms with Crippen molar-refractivity contribution in [2.24, 2.45) is 0 Å². The van der Waals surface area contributed by atoms with Crippen LogP contribution in [0.4, 0.5) is 5.82 Å². The van der Waals surface area contributed by atoms with Crippen LogP contribution in [0, 0.1) is 0 Å². The zero-order valence-electron chi connectivity index (χ0n) is 11.6. The molecule has 6 nitrogen and oxygen atoms in total. The molecule has 0 saturated heterocycles. The molecule has 0 bridgehead atoms. The van der Waals surface area contributed by atoms with Gasteiger partial charge in [-0.3, -0.25) is 13.7 Å². The summed E-state index contributed by atoms with van der Waals surface area (Å²) in [4.78, 5) is 8.43. The van der Waals surface area contributed by atoms with E-state index in [0.717, 1.165) is 17.5 Å². The summed E-state index contributed by atoms with van der Waals surface area (Å²) < 4.78 is 26.7. The molecule has 0 aliphatic carbocycles. The minimum Gasteiger partial charge on any atom is -0.295 e. The zero-order valence-corrected chi connectivity index (χ0v) is 12.4. The number of sulfonamides is 1. The first-order valence-electron chi connectivity index (χ1n) is 6.30. The Morgan fingerprint density at radius 2 is 1.90 bits per heavy atom. The van der Waals surface area contributed by atoms with Gasteiger partial charge >= 0.3 is 0 Å². The quantitative estimate of drug-likeness (QED) is 0.740. The van der Waals surface area contributed by atoms with Crippen molar-refractivity contribution in [1.82, 2.24) is 14.4 Å². The van der Waals surface area contributed by atoms with Gasteiger partial charge in [-0.05, 0) is 0 Å². The highest BCUT2D eigenvalue weighted by Gasteiger charge is 2.22. The minimum atomic E-state index is -3.40. The van der Waals surface area contributed by atoms with Crippen LogP contribution in [0.15, 0.2) is 48.9 Å². The molecule has 0 N–H and O–H groups in total. The number of hydrogen-bond acceptors (Lipinski definition) is 4. The molecule has 0 aliphatic rings. The van der Waals surface area contributed by atoms with E-state index in [1.54, 1.807) is 18.6 Å². The van der Waals surface area contributed by atoms with Crippen molar-refractivity contribution in [3.8, 4) is 11.3 Å². The Morgan fingerprint density at radius 3 is 2.57 bits per heavy atom. The van der Waals surface area contributed by atoms with Crippen molar-refractivity contribution in [1.29, 1.82) is 0 Å². The molecule has 0 unspecified atom stereocenters. The Morgan fingerprint density at radius 1 is 1.19 bits per heavy atom. The van der Waals surface area contributed by atoms with Gasteiger partial charge in [0.15, 0.2) is 11.5 Å². The fourth-order valence-electron chi connectivity index (χ4n) is 2.14. The third-order valence-corrected chi connectivity index (χ3v) is 4.42. The summed E-state index contributed by atoms with van der Waals surface area (Å²) in [6, 6.07) is 9.56. The first kappa shape index (κ1) is 13.6. The van der Waals surface area contributed by atoms with Crippen LogP contribution >= 0.6 is 0 Å². The molecule has 0 fully saturated rings. The maximum Gasteiger partial charge on any atom is 0.233 e. The molecule has 0 aliphatic heterocycles. The largest absolute Gasteiger partial charge is 0.295 e. The predicted molar refractivity (Wildman–Crippen MR) is 81.7 cm³/mol. The number of imidazole rings is 1. The van der Waals surface area contributed by atoms with E-state index in [9.17, 15) is 8.42 Å². The maximum absolute atomic E-state index is 11.9. The Balaban J connectivity index is 2.35. The Bertz CT molecular complexity index is 888. The summed E-state index contributed by atoms with van der Waals surface area (Å²) in [5, 5.41) is 0. The number of rotatable bonds is 3. The summed E-state index contributed by atoms with van der Waals surface area (Å²) in [6.45, 7) is 0. The lowest BCUT2D eigenvalue weighted by Gasteiger charge is -2.15. The van der Waals surface area contributed by atoms with Crippen LogP contribution in [-0.4, -0.2) is 36.1 Å². The monoisotopic (exact) mass is 302 g/mol. The van der Waals surface area contributed by atoms with Crippen LogP contribution in [0.1, 0.15) is 0 Å². The van der Waals surface area contributed by atoms with Gasteiger partial charge in [0.05, 0.1) is 18.1 Å². The number of aromatic nitrogens is 3. The average Bonchev–Trinajstić information content (AvgIpc) is 2.85. The van der Waals surface area contributed by atoms with E-state index < -0.39 is 10.0 Å². The van der Waals surface area contributed by atoms with Crippen LogP contribution in [-0.2, 0) is 10.0 Å². The van der Waals surface area contributed by atoms with E-state index in [0.29, 0.717) is 11.5 Å². The average molecular weight is 302 g/mol. The number of fused-ring (bicyclic) bond motifs is 1. The number of anilines is 1. The van der Waals surface area contributed by atoms with E-state index in [2.05, 4.69) is 9.97 Å². The van der Waals surface area contributed by atoms with Gasteiger partial charge in [0.1, 0.15) is 0 Å². The summed E-state index contributed by atoms with van der Waals surface area (Å²) in [5.74, 6) is 0.386. The van der Waals surface area contributed by atoms with E-state index >= 15 is 0 Å². The molecule has 0 spiro atoms. The topological polar surface area (TPSA) is 67.6 Å². The molecule has 2 aromatic heterocycles. The molecular weight excluding hydrogens is 288 g/mol. The van der Waals surface area contributed by atoms with Crippen LogP contribution in [0.25, 0.3) is 16.9 Å². The molecule has 2 heterocycles. The van der Waals surface area contributed by atoms with Crippen molar-refractivity contribution in [3.05, 3.63) is 48.9 Å². The molecule has 7 heteroatoms. The van der Waals surface area contributed by atoms with Crippen molar-refractivity contribution in [3.63, 3.8) is 0 Å². The SMILES string of the molecule is CN(c1nc2cnccn2c1-c1ccccc1)S(C)(=O)=O. The van der Waals surface area contributed by atoms with Gasteiger partial charge in [0, 0.05) is 25.0 Å². The van der Waals surface area contributed by atoms with Crippen LogP contribution in [0.3, 0.4) is 0 Å². The summed E-state index contributed by atoms with van der Waals surface area (Å²) in [5.41, 5.74) is 2.21. The van der Waals surface area contributed by atoms with Gasteiger partial charge in [-0.2, -0.15) is 0 Å². The van der Waals surface area contributed by atoms with Crippen LogP contribution < -0.4 is 4.31 Å². The summed E-state index contributed by atoms with van der Waals surface area (Å²) >= 11 is 0. The highest BCUT2D eigenvalue weighted by atomic mass is 32.2. The molecule has 0 amide bonds. The highest BCUT2D eigenvalue weighted by Crippen LogP contribution is 2.31. The van der Waals surface area contributed by atoms with E-state index in [1.807, 2.05) is 34.7 Å². The Labute approximate surface area is 122 Å². The van der Waals surface area contributed by atoms with Gasteiger partial charge < -0.3 is 0 Å².